The van der Waals surface area contributed by atoms with E-state index in [9.17, 15) is 0 Å². The first kappa shape index (κ1) is 21.5. The normalized spacial score (nSPS) is 15.2. The van der Waals surface area contributed by atoms with Crippen molar-refractivity contribution in [1.82, 2.24) is 15.6 Å². The van der Waals surface area contributed by atoms with Gasteiger partial charge in [0, 0.05) is 39.4 Å². The number of nitrogens with zero attached hydrogens (tertiary/aromatic N) is 3. The number of hydrogen-bond acceptors (Lipinski definition) is 3. The van der Waals surface area contributed by atoms with Crippen LogP contribution in [0.25, 0.3) is 0 Å². The summed E-state index contributed by atoms with van der Waals surface area (Å²) in [6, 6.07) is 14.6. The van der Waals surface area contributed by atoms with Crippen LogP contribution in [0.1, 0.15) is 30.9 Å². The summed E-state index contributed by atoms with van der Waals surface area (Å²) < 4.78 is 0. The summed E-state index contributed by atoms with van der Waals surface area (Å²) in [4.78, 5) is 11.3. The number of aliphatic imine (C=N–C) groups is 1. The van der Waals surface area contributed by atoms with Crippen molar-refractivity contribution in [3.8, 4) is 0 Å². The number of hydrogen-bond donors (Lipinski definition) is 2. The predicted molar refractivity (Wildman–Crippen MR) is 124 cm³/mol. The Morgan fingerprint density at radius 3 is 2.30 bits per heavy atom. The van der Waals surface area contributed by atoms with Crippen LogP contribution in [0, 0.1) is 5.92 Å². The van der Waals surface area contributed by atoms with Gasteiger partial charge in [0.2, 0.25) is 0 Å². The molecule has 0 radical (unpaired) electrons. The number of aromatic nitrogens is 1. The van der Waals surface area contributed by atoms with Gasteiger partial charge in [0.05, 0.1) is 0 Å². The van der Waals surface area contributed by atoms with Gasteiger partial charge in [0.1, 0.15) is 5.82 Å². The minimum atomic E-state index is 0. The molecule has 0 unspecified atom stereocenters. The quantitative estimate of drug-likeness (QED) is 0.389. The highest BCUT2D eigenvalue weighted by molar-refractivity contribution is 14.0. The summed E-state index contributed by atoms with van der Waals surface area (Å²) in [5.41, 5.74) is 2.39. The SMILES string of the molecule is CN=C(NCc1ccccc1)NCc1ccc(N2CCC(C)CC2)nc1.I. The monoisotopic (exact) mass is 479 g/mol. The van der Waals surface area contributed by atoms with E-state index < -0.39 is 0 Å². The maximum atomic E-state index is 4.65. The van der Waals surface area contributed by atoms with Gasteiger partial charge in [-0.15, -0.1) is 24.0 Å². The second kappa shape index (κ2) is 11.1. The maximum absolute atomic E-state index is 4.65. The molecule has 1 aliphatic heterocycles. The van der Waals surface area contributed by atoms with Gasteiger partial charge in [-0.3, -0.25) is 4.99 Å². The predicted octanol–water partition coefficient (Wildman–Crippen LogP) is 3.80. The fraction of sp³-hybridized carbons (Fsp3) is 0.429. The molecule has 2 N–H and O–H groups in total. The van der Waals surface area contributed by atoms with E-state index in [1.807, 2.05) is 24.4 Å². The molecule has 0 atom stereocenters. The minimum absolute atomic E-state index is 0. The number of benzene rings is 1. The van der Waals surface area contributed by atoms with E-state index in [1.54, 1.807) is 7.05 Å². The van der Waals surface area contributed by atoms with Crippen LogP contribution in [0.2, 0.25) is 0 Å². The minimum Gasteiger partial charge on any atom is -0.357 e. The van der Waals surface area contributed by atoms with Crippen molar-refractivity contribution in [2.75, 3.05) is 25.0 Å². The van der Waals surface area contributed by atoms with Crippen LogP contribution < -0.4 is 15.5 Å². The Morgan fingerprint density at radius 1 is 1.04 bits per heavy atom. The van der Waals surface area contributed by atoms with E-state index in [2.05, 4.69) is 56.7 Å². The first-order valence-electron chi connectivity index (χ1n) is 9.43. The summed E-state index contributed by atoms with van der Waals surface area (Å²) in [7, 11) is 1.79. The van der Waals surface area contributed by atoms with Crippen LogP contribution >= 0.6 is 24.0 Å². The zero-order chi connectivity index (χ0) is 18.2. The van der Waals surface area contributed by atoms with Crippen LogP contribution in [-0.2, 0) is 13.1 Å². The Morgan fingerprint density at radius 2 is 1.70 bits per heavy atom. The molecule has 2 aromatic rings. The number of rotatable bonds is 5. The number of nitrogens with one attached hydrogen (secondary N) is 2. The standard InChI is InChI=1S/C21H29N5.HI/c1-17-10-12-26(13-11-17)20-9-8-19(15-23-20)16-25-21(22-2)24-14-18-6-4-3-5-7-18;/h3-9,15,17H,10-14,16H2,1-2H3,(H2,22,24,25);1H. The highest BCUT2D eigenvalue weighted by Gasteiger charge is 2.16. The second-order valence-electron chi connectivity index (χ2n) is 6.96. The molecule has 27 heavy (non-hydrogen) atoms. The average Bonchev–Trinajstić information content (AvgIpc) is 2.70. The van der Waals surface area contributed by atoms with E-state index in [1.165, 1.54) is 18.4 Å². The molecule has 5 nitrogen and oxygen atoms in total. The number of halogens is 1. The molecule has 6 heteroatoms. The Bertz CT molecular complexity index is 694. The van der Waals surface area contributed by atoms with Crippen LogP contribution in [0.4, 0.5) is 5.82 Å². The van der Waals surface area contributed by atoms with E-state index in [-0.39, 0.29) is 24.0 Å². The van der Waals surface area contributed by atoms with Crippen molar-refractivity contribution < 1.29 is 0 Å². The van der Waals surface area contributed by atoms with Crippen molar-refractivity contribution in [1.29, 1.82) is 0 Å². The van der Waals surface area contributed by atoms with E-state index in [0.29, 0.717) is 6.54 Å². The number of piperidine rings is 1. The van der Waals surface area contributed by atoms with Gasteiger partial charge < -0.3 is 15.5 Å². The van der Waals surface area contributed by atoms with E-state index in [4.69, 9.17) is 0 Å². The third kappa shape index (κ3) is 6.68. The molecule has 1 aromatic carbocycles. The molecular formula is C21H30IN5. The maximum Gasteiger partial charge on any atom is 0.191 e. The van der Waals surface area contributed by atoms with Crippen molar-refractivity contribution in [2.45, 2.75) is 32.9 Å². The fourth-order valence-corrected chi connectivity index (χ4v) is 3.13. The van der Waals surface area contributed by atoms with Crippen LogP contribution in [0.5, 0.6) is 0 Å². The van der Waals surface area contributed by atoms with Crippen molar-refractivity contribution in [2.24, 2.45) is 10.9 Å². The Balaban J connectivity index is 0.00000261. The molecule has 1 aromatic heterocycles. The zero-order valence-electron chi connectivity index (χ0n) is 16.2. The molecule has 0 saturated carbocycles. The molecule has 1 saturated heterocycles. The summed E-state index contributed by atoms with van der Waals surface area (Å²) in [6.07, 6.45) is 4.48. The van der Waals surface area contributed by atoms with E-state index in [0.717, 1.165) is 42.9 Å². The molecular weight excluding hydrogens is 449 g/mol. The van der Waals surface area contributed by atoms with Crippen molar-refractivity contribution >= 4 is 35.8 Å². The van der Waals surface area contributed by atoms with Gasteiger partial charge in [-0.05, 0) is 36.0 Å². The molecule has 3 rings (SSSR count). The molecule has 1 fully saturated rings. The van der Waals surface area contributed by atoms with Gasteiger partial charge in [-0.1, -0.05) is 43.3 Å². The topological polar surface area (TPSA) is 52.6 Å². The largest absolute Gasteiger partial charge is 0.357 e. The Labute approximate surface area is 179 Å². The lowest BCUT2D eigenvalue weighted by Gasteiger charge is -2.31. The van der Waals surface area contributed by atoms with Gasteiger partial charge in [0.25, 0.3) is 0 Å². The lowest BCUT2D eigenvalue weighted by molar-refractivity contribution is 0.436. The smallest absolute Gasteiger partial charge is 0.191 e. The summed E-state index contributed by atoms with van der Waals surface area (Å²) in [5.74, 6) is 2.72. The number of pyridine rings is 1. The van der Waals surface area contributed by atoms with Crippen molar-refractivity contribution in [3.05, 3.63) is 59.8 Å². The first-order chi connectivity index (χ1) is 12.7. The first-order valence-corrected chi connectivity index (χ1v) is 9.43. The van der Waals surface area contributed by atoms with Crippen LogP contribution in [0.15, 0.2) is 53.7 Å². The number of guanidine groups is 1. The third-order valence-electron chi connectivity index (χ3n) is 4.90. The molecule has 1 aliphatic rings. The lowest BCUT2D eigenvalue weighted by Crippen LogP contribution is -2.36. The highest BCUT2D eigenvalue weighted by Crippen LogP contribution is 2.21. The van der Waals surface area contributed by atoms with Gasteiger partial charge in [-0.2, -0.15) is 0 Å². The van der Waals surface area contributed by atoms with Crippen LogP contribution in [0.3, 0.4) is 0 Å². The second-order valence-corrected chi connectivity index (χ2v) is 6.96. The van der Waals surface area contributed by atoms with Gasteiger partial charge in [-0.25, -0.2) is 4.98 Å². The highest BCUT2D eigenvalue weighted by atomic mass is 127. The summed E-state index contributed by atoms with van der Waals surface area (Å²) in [5, 5.41) is 6.68. The molecule has 146 valence electrons. The molecule has 0 amide bonds. The Kier molecular flexibility index (Phi) is 8.84. The van der Waals surface area contributed by atoms with Crippen LogP contribution in [-0.4, -0.2) is 31.1 Å². The average molecular weight is 479 g/mol. The van der Waals surface area contributed by atoms with Gasteiger partial charge >= 0.3 is 0 Å². The molecule has 0 spiro atoms. The number of anilines is 1. The summed E-state index contributed by atoms with van der Waals surface area (Å²) in [6.45, 7) is 6.02. The van der Waals surface area contributed by atoms with Gasteiger partial charge in [0.15, 0.2) is 5.96 Å². The molecule has 2 heterocycles. The van der Waals surface area contributed by atoms with E-state index >= 15 is 0 Å². The molecule has 0 bridgehead atoms. The molecule has 0 aliphatic carbocycles. The Hall–Kier alpha value is -1.83. The zero-order valence-corrected chi connectivity index (χ0v) is 18.5. The fourth-order valence-electron chi connectivity index (χ4n) is 3.13. The third-order valence-corrected chi connectivity index (χ3v) is 4.90. The van der Waals surface area contributed by atoms with Crippen molar-refractivity contribution in [3.63, 3.8) is 0 Å². The lowest BCUT2D eigenvalue weighted by atomic mass is 9.99. The summed E-state index contributed by atoms with van der Waals surface area (Å²) >= 11 is 0.